The second-order valence-corrected chi connectivity index (χ2v) is 7.18. The number of amidine groups is 1. The largest absolute Gasteiger partial charge is 0.409 e. The number of nitrogens with zero attached hydrogens (tertiary/aromatic N) is 3. The number of likely N-dealkylation sites (N-methyl/N-ethyl adjacent to an activating group) is 2. The van der Waals surface area contributed by atoms with E-state index in [9.17, 15) is 0 Å². The van der Waals surface area contributed by atoms with Crippen LogP contribution in [0.4, 0.5) is 0 Å². The van der Waals surface area contributed by atoms with Gasteiger partial charge < -0.3 is 20.7 Å². The van der Waals surface area contributed by atoms with Gasteiger partial charge in [-0.15, -0.1) is 0 Å². The van der Waals surface area contributed by atoms with Crippen molar-refractivity contribution in [3.63, 3.8) is 0 Å². The van der Waals surface area contributed by atoms with Gasteiger partial charge in [0.25, 0.3) is 0 Å². The zero-order chi connectivity index (χ0) is 15.4. The molecule has 1 aliphatic carbocycles. The van der Waals surface area contributed by atoms with Crippen molar-refractivity contribution in [1.29, 1.82) is 0 Å². The van der Waals surface area contributed by atoms with E-state index < -0.39 is 0 Å². The summed E-state index contributed by atoms with van der Waals surface area (Å²) in [5.41, 5.74) is 5.87. The number of hydrogen-bond acceptors (Lipinski definition) is 4. The van der Waals surface area contributed by atoms with Gasteiger partial charge in [0.15, 0.2) is 0 Å². The summed E-state index contributed by atoms with van der Waals surface area (Å²) in [4.78, 5) is 4.80. The average molecular weight is 284 g/mol. The molecular formula is C15H32N4O. The summed E-state index contributed by atoms with van der Waals surface area (Å²) in [6, 6.07) is 0. The minimum atomic E-state index is -0.231. The Hall–Kier alpha value is -0.810. The fourth-order valence-corrected chi connectivity index (χ4v) is 2.97. The number of hydrogen-bond donors (Lipinski definition) is 2. The summed E-state index contributed by atoms with van der Waals surface area (Å²) in [6.07, 6.45) is 5.95. The Labute approximate surface area is 123 Å². The highest BCUT2D eigenvalue weighted by Crippen LogP contribution is 2.36. The molecule has 5 heteroatoms. The van der Waals surface area contributed by atoms with Crippen LogP contribution in [0.5, 0.6) is 0 Å². The molecule has 0 aromatic heterocycles. The van der Waals surface area contributed by atoms with Crippen molar-refractivity contribution in [2.45, 2.75) is 51.5 Å². The maximum absolute atomic E-state index is 8.78. The van der Waals surface area contributed by atoms with E-state index in [1.165, 1.54) is 19.3 Å². The zero-order valence-corrected chi connectivity index (χ0v) is 13.8. The standard InChI is InChI=1S/C15H32N4O/c1-14(2,13(16)17-20)8-7-11-19(5)12-15(18(3)4)9-6-10-15/h20H,6-12H2,1-5H3,(H2,16,17). The predicted octanol–water partition coefficient (Wildman–Crippen LogP) is 1.96. The molecule has 0 unspecified atom stereocenters. The highest BCUT2D eigenvalue weighted by Gasteiger charge is 2.39. The first-order valence-corrected chi connectivity index (χ1v) is 7.57. The minimum absolute atomic E-state index is 0.231. The van der Waals surface area contributed by atoms with E-state index in [4.69, 9.17) is 10.9 Å². The molecule has 1 aliphatic rings. The van der Waals surface area contributed by atoms with Gasteiger partial charge in [0.1, 0.15) is 5.84 Å². The molecule has 118 valence electrons. The molecule has 1 fully saturated rings. The van der Waals surface area contributed by atoms with Crippen LogP contribution in [0.3, 0.4) is 0 Å². The number of oxime groups is 1. The second kappa shape index (κ2) is 6.76. The van der Waals surface area contributed by atoms with Crippen molar-refractivity contribution in [1.82, 2.24) is 9.80 Å². The lowest BCUT2D eigenvalue weighted by Crippen LogP contribution is -2.56. The van der Waals surface area contributed by atoms with Gasteiger partial charge in [-0.25, -0.2) is 0 Å². The first-order chi connectivity index (χ1) is 9.23. The van der Waals surface area contributed by atoms with Crippen molar-refractivity contribution in [2.24, 2.45) is 16.3 Å². The van der Waals surface area contributed by atoms with Crippen LogP contribution < -0.4 is 5.73 Å². The summed E-state index contributed by atoms with van der Waals surface area (Å²) in [5.74, 6) is 0.323. The topological polar surface area (TPSA) is 65.1 Å². The number of nitrogens with two attached hydrogens (primary N) is 1. The molecule has 5 nitrogen and oxygen atoms in total. The first-order valence-electron chi connectivity index (χ1n) is 7.57. The normalized spacial score (nSPS) is 19.4. The lowest BCUT2D eigenvalue weighted by Gasteiger charge is -2.49. The molecule has 0 bridgehead atoms. The third-order valence-electron chi connectivity index (χ3n) is 4.94. The van der Waals surface area contributed by atoms with Crippen molar-refractivity contribution in [3.05, 3.63) is 0 Å². The monoisotopic (exact) mass is 284 g/mol. The van der Waals surface area contributed by atoms with Gasteiger partial charge in [0.2, 0.25) is 0 Å². The Morgan fingerprint density at radius 1 is 1.30 bits per heavy atom. The highest BCUT2D eigenvalue weighted by molar-refractivity contribution is 5.85. The van der Waals surface area contributed by atoms with Crippen LogP contribution in [0, 0.1) is 5.41 Å². The average Bonchev–Trinajstić information content (AvgIpc) is 2.31. The third-order valence-corrected chi connectivity index (χ3v) is 4.94. The molecule has 20 heavy (non-hydrogen) atoms. The van der Waals surface area contributed by atoms with Gasteiger partial charge in [-0.3, -0.25) is 0 Å². The van der Waals surface area contributed by atoms with Crippen molar-refractivity contribution in [3.8, 4) is 0 Å². The third kappa shape index (κ3) is 4.09. The lowest BCUT2D eigenvalue weighted by atomic mass is 9.75. The van der Waals surface area contributed by atoms with Crippen LogP contribution in [0.15, 0.2) is 5.16 Å². The summed E-state index contributed by atoms with van der Waals surface area (Å²) in [7, 11) is 6.57. The molecule has 1 saturated carbocycles. The van der Waals surface area contributed by atoms with Crippen LogP contribution in [0.25, 0.3) is 0 Å². The molecule has 0 aromatic carbocycles. The summed E-state index contributed by atoms with van der Waals surface area (Å²) < 4.78 is 0. The fraction of sp³-hybridized carbons (Fsp3) is 0.933. The van der Waals surface area contributed by atoms with Crippen LogP contribution in [0.2, 0.25) is 0 Å². The highest BCUT2D eigenvalue weighted by atomic mass is 16.4. The predicted molar refractivity (Wildman–Crippen MR) is 84.2 cm³/mol. The summed E-state index contributed by atoms with van der Waals surface area (Å²) in [6.45, 7) is 6.23. The molecule has 1 rings (SSSR count). The van der Waals surface area contributed by atoms with Gasteiger partial charge in [0, 0.05) is 17.5 Å². The van der Waals surface area contributed by atoms with E-state index in [0.717, 1.165) is 25.9 Å². The van der Waals surface area contributed by atoms with Crippen LogP contribution in [0.1, 0.15) is 46.0 Å². The van der Waals surface area contributed by atoms with Crippen molar-refractivity contribution < 1.29 is 5.21 Å². The van der Waals surface area contributed by atoms with E-state index >= 15 is 0 Å². The van der Waals surface area contributed by atoms with E-state index in [1.54, 1.807) is 0 Å². The molecule has 0 atom stereocenters. The Morgan fingerprint density at radius 2 is 1.90 bits per heavy atom. The summed E-state index contributed by atoms with van der Waals surface area (Å²) >= 11 is 0. The minimum Gasteiger partial charge on any atom is -0.409 e. The number of rotatable bonds is 8. The van der Waals surface area contributed by atoms with Gasteiger partial charge in [0.05, 0.1) is 0 Å². The quantitative estimate of drug-likeness (QED) is 0.309. The Kier molecular flexibility index (Phi) is 5.83. The zero-order valence-electron chi connectivity index (χ0n) is 13.8. The first kappa shape index (κ1) is 17.2. The van der Waals surface area contributed by atoms with E-state index in [1.807, 2.05) is 13.8 Å². The fourth-order valence-electron chi connectivity index (χ4n) is 2.97. The molecule has 0 radical (unpaired) electrons. The molecule has 0 amide bonds. The molecule has 0 saturated heterocycles. The van der Waals surface area contributed by atoms with Gasteiger partial charge >= 0.3 is 0 Å². The maximum atomic E-state index is 8.78. The van der Waals surface area contributed by atoms with Crippen LogP contribution in [-0.2, 0) is 0 Å². The molecule has 0 aromatic rings. The van der Waals surface area contributed by atoms with Crippen molar-refractivity contribution in [2.75, 3.05) is 34.2 Å². The molecule has 3 N–H and O–H groups in total. The molecule has 0 heterocycles. The van der Waals surface area contributed by atoms with Gasteiger partial charge in [-0.1, -0.05) is 19.0 Å². The van der Waals surface area contributed by atoms with E-state index in [2.05, 4.69) is 36.1 Å². The molecule has 0 aliphatic heterocycles. The van der Waals surface area contributed by atoms with Gasteiger partial charge in [-0.05, 0) is 59.8 Å². The van der Waals surface area contributed by atoms with Crippen LogP contribution in [-0.4, -0.2) is 60.6 Å². The second-order valence-electron chi connectivity index (χ2n) is 7.18. The SMILES string of the molecule is CN(CCCC(C)(C)C(N)=NO)CC1(N(C)C)CCC1. The Balaban J connectivity index is 2.35. The van der Waals surface area contributed by atoms with E-state index in [-0.39, 0.29) is 5.41 Å². The Bertz CT molecular complexity index is 335. The maximum Gasteiger partial charge on any atom is 0.144 e. The lowest BCUT2D eigenvalue weighted by molar-refractivity contribution is 0.0272. The molecule has 0 spiro atoms. The van der Waals surface area contributed by atoms with Crippen molar-refractivity contribution >= 4 is 5.84 Å². The van der Waals surface area contributed by atoms with E-state index in [0.29, 0.717) is 11.4 Å². The summed E-state index contributed by atoms with van der Waals surface area (Å²) in [5, 5.41) is 11.9. The molecular weight excluding hydrogens is 252 g/mol. The smallest absolute Gasteiger partial charge is 0.144 e. The van der Waals surface area contributed by atoms with Crippen LogP contribution >= 0.6 is 0 Å². The van der Waals surface area contributed by atoms with Gasteiger partial charge in [-0.2, -0.15) is 0 Å². The Morgan fingerprint density at radius 3 is 2.30 bits per heavy atom.